The Labute approximate surface area is 109 Å². The van der Waals surface area contributed by atoms with Gasteiger partial charge in [-0.25, -0.2) is 9.59 Å². The summed E-state index contributed by atoms with van der Waals surface area (Å²) in [6.07, 6.45) is 1.63. The maximum Gasteiger partial charge on any atom is 0.417 e. The van der Waals surface area contributed by atoms with Crippen molar-refractivity contribution >= 4 is 11.9 Å². The summed E-state index contributed by atoms with van der Waals surface area (Å²) in [7, 11) is 0. The van der Waals surface area contributed by atoms with Crippen LogP contribution in [0.1, 0.15) is 40.5 Å². The average Bonchev–Trinajstić information content (AvgIpc) is 2.28. The second kappa shape index (κ2) is 8.72. The summed E-state index contributed by atoms with van der Waals surface area (Å²) in [6.45, 7) is 12.4. The highest BCUT2D eigenvalue weighted by Crippen LogP contribution is 2.19. The predicted molar refractivity (Wildman–Crippen MR) is 70.0 cm³/mol. The number of carbonyl (C=O) groups excluding carboxylic acids is 2. The topological polar surface area (TPSA) is 52.6 Å². The van der Waals surface area contributed by atoms with Gasteiger partial charge >= 0.3 is 11.9 Å². The zero-order valence-corrected chi connectivity index (χ0v) is 11.8. The number of hydrogen-bond acceptors (Lipinski definition) is 4. The van der Waals surface area contributed by atoms with Crippen LogP contribution in [0.15, 0.2) is 12.2 Å². The van der Waals surface area contributed by atoms with Crippen molar-refractivity contribution in [2.75, 3.05) is 13.2 Å². The highest BCUT2D eigenvalue weighted by Gasteiger charge is 2.16. The molecule has 0 aromatic carbocycles. The standard InChI is InChI=1S/C14H24O4/c1-6-17-13(15)14(16)18-8-7-11(4)9-12(5)10(2)3/h10-11H,5-9H2,1-4H3. The number of hydrogen-bond donors (Lipinski definition) is 0. The minimum Gasteiger partial charge on any atom is -0.458 e. The van der Waals surface area contributed by atoms with Crippen LogP contribution in [0.3, 0.4) is 0 Å². The van der Waals surface area contributed by atoms with Crippen LogP contribution >= 0.6 is 0 Å². The van der Waals surface area contributed by atoms with Crippen molar-refractivity contribution in [3.05, 3.63) is 12.2 Å². The van der Waals surface area contributed by atoms with E-state index in [0.717, 1.165) is 12.8 Å². The molecule has 0 fully saturated rings. The van der Waals surface area contributed by atoms with E-state index in [1.807, 2.05) is 0 Å². The van der Waals surface area contributed by atoms with Gasteiger partial charge in [-0.15, -0.1) is 0 Å². The quantitative estimate of drug-likeness (QED) is 0.399. The Morgan fingerprint density at radius 1 is 1.11 bits per heavy atom. The van der Waals surface area contributed by atoms with Crippen molar-refractivity contribution in [1.82, 2.24) is 0 Å². The Balaban J connectivity index is 3.81. The summed E-state index contributed by atoms with van der Waals surface area (Å²) in [5.41, 5.74) is 1.19. The van der Waals surface area contributed by atoms with Crippen LogP contribution in [-0.2, 0) is 19.1 Å². The first-order valence-electron chi connectivity index (χ1n) is 6.40. The van der Waals surface area contributed by atoms with Gasteiger partial charge in [0.2, 0.25) is 0 Å². The molecular formula is C14H24O4. The molecule has 0 spiro atoms. The van der Waals surface area contributed by atoms with Gasteiger partial charge < -0.3 is 9.47 Å². The van der Waals surface area contributed by atoms with Crippen LogP contribution in [0.25, 0.3) is 0 Å². The summed E-state index contributed by atoms with van der Waals surface area (Å²) >= 11 is 0. The Morgan fingerprint density at radius 2 is 1.67 bits per heavy atom. The molecule has 0 radical (unpaired) electrons. The maximum atomic E-state index is 11.1. The minimum atomic E-state index is -0.920. The summed E-state index contributed by atoms with van der Waals surface area (Å²) < 4.78 is 9.36. The lowest BCUT2D eigenvalue weighted by atomic mass is 9.93. The highest BCUT2D eigenvalue weighted by molar-refractivity contribution is 6.29. The third kappa shape index (κ3) is 7.09. The van der Waals surface area contributed by atoms with E-state index in [9.17, 15) is 9.59 Å². The molecule has 18 heavy (non-hydrogen) atoms. The molecule has 4 heteroatoms. The van der Waals surface area contributed by atoms with Gasteiger partial charge in [0.05, 0.1) is 13.2 Å². The van der Waals surface area contributed by atoms with Crippen LogP contribution in [-0.4, -0.2) is 25.2 Å². The molecule has 0 N–H and O–H groups in total. The van der Waals surface area contributed by atoms with Gasteiger partial charge in [0.25, 0.3) is 0 Å². The summed E-state index contributed by atoms with van der Waals surface area (Å²) in [6, 6.07) is 0. The van der Waals surface area contributed by atoms with Crippen molar-refractivity contribution in [2.24, 2.45) is 11.8 Å². The second-order valence-electron chi connectivity index (χ2n) is 4.77. The Hall–Kier alpha value is -1.32. The van der Waals surface area contributed by atoms with E-state index in [4.69, 9.17) is 4.74 Å². The molecule has 0 saturated carbocycles. The van der Waals surface area contributed by atoms with Crippen LogP contribution < -0.4 is 0 Å². The van der Waals surface area contributed by atoms with Crippen molar-refractivity contribution in [1.29, 1.82) is 0 Å². The zero-order valence-electron chi connectivity index (χ0n) is 11.8. The van der Waals surface area contributed by atoms with E-state index in [1.165, 1.54) is 5.57 Å². The van der Waals surface area contributed by atoms with Crippen molar-refractivity contribution < 1.29 is 19.1 Å². The molecule has 0 saturated heterocycles. The maximum absolute atomic E-state index is 11.1. The monoisotopic (exact) mass is 256 g/mol. The van der Waals surface area contributed by atoms with E-state index in [2.05, 4.69) is 32.1 Å². The molecule has 0 aliphatic rings. The molecule has 0 rings (SSSR count). The summed E-state index contributed by atoms with van der Waals surface area (Å²) in [5.74, 6) is -0.979. The lowest BCUT2D eigenvalue weighted by Crippen LogP contribution is -2.21. The molecular weight excluding hydrogens is 232 g/mol. The summed E-state index contributed by atoms with van der Waals surface area (Å²) in [4.78, 5) is 22.1. The zero-order chi connectivity index (χ0) is 14.1. The van der Waals surface area contributed by atoms with Crippen molar-refractivity contribution in [3.63, 3.8) is 0 Å². The van der Waals surface area contributed by atoms with E-state index in [0.29, 0.717) is 11.8 Å². The van der Waals surface area contributed by atoms with Gasteiger partial charge in [0.1, 0.15) is 0 Å². The fraction of sp³-hybridized carbons (Fsp3) is 0.714. The third-order valence-electron chi connectivity index (χ3n) is 2.71. The molecule has 0 aliphatic carbocycles. The normalized spacial score (nSPS) is 12.1. The smallest absolute Gasteiger partial charge is 0.417 e. The Bertz CT molecular complexity index is 294. The largest absolute Gasteiger partial charge is 0.458 e. The number of esters is 2. The average molecular weight is 256 g/mol. The van der Waals surface area contributed by atoms with Gasteiger partial charge in [-0.1, -0.05) is 32.9 Å². The fourth-order valence-corrected chi connectivity index (χ4v) is 1.39. The molecule has 0 aliphatic heterocycles. The number of carbonyl (C=O) groups is 2. The predicted octanol–water partition coefficient (Wildman–Crippen LogP) is 2.72. The van der Waals surface area contributed by atoms with E-state index in [1.54, 1.807) is 6.92 Å². The molecule has 0 aromatic rings. The van der Waals surface area contributed by atoms with Crippen molar-refractivity contribution in [2.45, 2.75) is 40.5 Å². The summed E-state index contributed by atoms with van der Waals surface area (Å²) in [5, 5.41) is 0. The first kappa shape index (κ1) is 16.7. The van der Waals surface area contributed by atoms with E-state index >= 15 is 0 Å². The first-order chi connectivity index (χ1) is 8.38. The van der Waals surface area contributed by atoms with Gasteiger partial charge in [0, 0.05) is 0 Å². The number of ether oxygens (including phenoxy) is 2. The van der Waals surface area contributed by atoms with Gasteiger partial charge in [-0.05, 0) is 31.6 Å². The van der Waals surface area contributed by atoms with Gasteiger partial charge in [-0.2, -0.15) is 0 Å². The number of rotatable bonds is 7. The molecule has 0 amide bonds. The molecule has 0 bridgehead atoms. The van der Waals surface area contributed by atoms with Crippen LogP contribution in [0.2, 0.25) is 0 Å². The van der Waals surface area contributed by atoms with Crippen LogP contribution in [0.4, 0.5) is 0 Å². The van der Waals surface area contributed by atoms with Gasteiger partial charge in [-0.3, -0.25) is 0 Å². The molecule has 104 valence electrons. The molecule has 1 unspecified atom stereocenters. The highest BCUT2D eigenvalue weighted by atomic mass is 16.6. The molecule has 0 aromatic heterocycles. The van der Waals surface area contributed by atoms with Gasteiger partial charge in [0.15, 0.2) is 0 Å². The van der Waals surface area contributed by atoms with Crippen LogP contribution in [0, 0.1) is 11.8 Å². The lowest BCUT2D eigenvalue weighted by Gasteiger charge is -2.15. The van der Waals surface area contributed by atoms with Crippen LogP contribution in [0.5, 0.6) is 0 Å². The Morgan fingerprint density at radius 3 is 2.17 bits per heavy atom. The second-order valence-corrected chi connectivity index (χ2v) is 4.77. The molecule has 4 nitrogen and oxygen atoms in total. The van der Waals surface area contributed by atoms with Crippen molar-refractivity contribution in [3.8, 4) is 0 Å². The minimum absolute atomic E-state index is 0.179. The lowest BCUT2D eigenvalue weighted by molar-refractivity contribution is -0.167. The SMILES string of the molecule is C=C(CC(C)CCOC(=O)C(=O)OCC)C(C)C. The molecule has 1 atom stereocenters. The van der Waals surface area contributed by atoms with E-state index < -0.39 is 11.9 Å². The number of allylic oxidation sites excluding steroid dienone is 1. The first-order valence-corrected chi connectivity index (χ1v) is 6.40. The fourth-order valence-electron chi connectivity index (χ4n) is 1.39. The van der Waals surface area contributed by atoms with E-state index in [-0.39, 0.29) is 13.2 Å². The Kier molecular flexibility index (Phi) is 8.08. The molecule has 0 heterocycles. The third-order valence-corrected chi connectivity index (χ3v) is 2.71.